The number of aromatic nitrogens is 2. The molecule has 10 heteroatoms. The molecule has 3 heterocycles. The normalized spacial score (nSPS) is 16.1. The molecule has 3 aromatic rings. The van der Waals surface area contributed by atoms with Gasteiger partial charge in [0.15, 0.2) is 0 Å². The predicted octanol–water partition coefficient (Wildman–Crippen LogP) is 5.40. The summed E-state index contributed by atoms with van der Waals surface area (Å²) >= 11 is 6.43. The zero-order valence-corrected chi connectivity index (χ0v) is 21.8. The standard InChI is InChI=1S/C27H29ClN6O3/c1-16-5-4-6-22(28)23(16)34-15-32(3)24-21(25(34)35)14-29-26(31-24)30-19-7-8-20(17(2)13-19)18-9-11-33(12-10-18)27(36)37/h4-8,13-14,18H,9-12,15H2,1-3H3,(H,36,37)(H,29,30,31). The van der Waals surface area contributed by atoms with Crippen molar-refractivity contribution >= 4 is 46.7 Å². The van der Waals surface area contributed by atoms with E-state index in [1.807, 2.05) is 37.1 Å². The number of carboxylic acid groups (broad SMARTS) is 1. The molecule has 0 atom stereocenters. The Bertz CT molecular complexity index is 1350. The summed E-state index contributed by atoms with van der Waals surface area (Å²) in [5.74, 6) is 1.11. The van der Waals surface area contributed by atoms with E-state index in [2.05, 4.69) is 34.3 Å². The maximum absolute atomic E-state index is 13.3. The zero-order valence-electron chi connectivity index (χ0n) is 21.0. The maximum atomic E-state index is 13.3. The minimum atomic E-state index is -0.848. The summed E-state index contributed by atoms with van der Waals surface area (Å²) in [5, 5.41) is 13.0. The largest absolute Gasteiger partial charge is 0.465 e. The van der Waals surface area contributed by atoms with Crippen LogP contribution in [0, 0.1) is 13.8 Å². The van der Waals surface area contributed by atoms with Gasteiger partial charge < -0.3 is 20.2 Å². The van der Waals surface area contributed by atoms with Gasteiger partial charge in [0, 0.05) is 32.0 Å². The first-order valence-electron chi connectivity index (χ1n) is 12.2. The van der Waals surface area contributed by atoms with Crippen LogP contribution < -0.4 is 15.1 Å². The van der Waals surface area contributed by atoms with Crippen LogP contribution in [0.1, 0.15) is 45.8 Å². The van der Waals surface area contributed by atoms with Gasteiger partial charge in [-0.1, -0.05) is 29.8 Å². The van der Waals surface area contributed by atoms with Crippen LogP contribution in [0.15, 0.2) is 42.6 Å². The van der Waals surface area contributed by atoms with Gasteiger partial charge in [-0.25, -0.2) is 9.78 Å². The number of carbonyl (C=O) groups is 2. The molecule has 192 valence electrons. The van der Waals surface area contributed by atoms with Crippen molar-refractivity contribution in [1.82, 2.24) is 14.9 Å². The molecule has 1 saturated heterocycles. The van der Waals surface area contributed by atoms with E-state index in [-0.39, 0.29) is 5.91 Å². The number of nitrogens with zero attached hydrogens (tertiary/aromatic N) is 5. The van der Waals surface area contributed by atoms with Crippen molar-refractivity contribution in [2.24, 2.45) is 0 Å². The topological polar surface area (TPSA) is 102 Å². The smallest absolute Gasteiger partial charge is 0.407 e. The second kappa shape index (κ2) is 9.89. The van der Waals surface area contributed by atoms with Crippen molar-refractivity contribution in [3.05, 3.63) is 69.9 Å². The minimum absolute atomic E-state index is 0.190. The first-order chi connectivity index (χ1) is 17.7. The van der Waals surface area contributed by atoms with Gasteiger partial charge in [-0.2, -0.15) is 4.98 Å². The minimum Gasteiger partial charge on any atom is -0.465 e. The summed E-state index contributed by atoms with van der Waals surface area (Å²) < 4.78 is 0. The lowest BCUT2D eigenvalue weighted by molar-refractivity contribution is 0.0981. The van der Waals surface area contributed by atoms with E-state index in [4.69, 9.17) is 11.6 Å². The molecule has 9 nitrogen and oxygen atoms in total. The Kier molecular flexibility index (Phi) is 6.64. The molecule has 2 amide bonds. The fraction of sp³-hybridized carbons (Fsp3) is 0.333. The molecule has 1 fully saturated rings. The number of piperidine rings is 1. The third-order valence-electron chi connectivity index (χ3n) is 7.15. The number of amides is 2. The molecule has 2 aliphatic heterocycles. The Morgan fingerprint density at radius 3 is 2.57 bits per heavy atom. The zero-order chi connectivity index (χ0) is 26.3. The van der Waals surface area contributed by atoms with E-state index >= 15 is 0 Å². The first-order valence-corrected chi connectivity index (χ1v) is 12.6. The number of nitrogens with one attached hydrogen (secondary N) is 1. The molecule has 37 heavy (non-hydrogen) atoms. The Hall–Kier alpha value is -3.85. The summed E-state index contributed by atoms with van der Waals surface area (Å²) in [5.41, 5.74) is 5.25. The summed E-state index contributed by atoms with van der Waals surface area (Å²) in [7, 11) is 1.88. The van der Waals surface area contributed by atoms with E-state index in [0.29, 0.717) is 53.7 Å². The highest BCUT2D eigenvalue weighted by molar-refractivity contribution is 6.34. The number of rotatable bonds is 4. The lowest BCUT2D eigenvalue weighted by Crippen LogP contribution is -2.46. The Morgan fingerprint density at radius 2 is 1.89 bits per heavy atom. The summed E-state index contributed by atoms with van der Waals surface area (Å²) in [4.78, 5) is 38.6. The lowest BCUT2D eigenvalue weighted by Gasteiger charge is -2.35. The Balaban J connectivity index is 1.33. The molecule has 5 rings (SSSR count). The number of aryl methyl sites for hydroxylation is 2. The third-order valence-corrected chi connectivity index (χ3v) is 7.45. The van der Waals surface area contributed by atoms with Crippen molar-refractivity contribution in [3.63, 3.8) is 0 Å². The Labute approximate surface area is 220 Å². The van der Waals surface area contributed by atoms with Crippen LogP contribution >= 0.6 is 11.6 Å². The second-order valence-corrected chi connectivity index (χ2v) is 10.1. The quantitative estimate of drug-likeness (QED) is 0.474. The molecule has 0 aliphatic carbocycles. The average Bonchev–Trinajstić information content (AvgIpc) is 2.87. The molecule has 1 aromatic heterocycles. The lowest BCUT2D eigenvalue weighted by atomic mass is 9.87. The van der Waals surface area contributed by atoms with Gasteiger partial charge in [0.1, 0.15) is 11.4 Å². The average molecular weight is 521 g/mol. The fourth-order valence-corrected chi connectivity index (χ4v) is 5.55. The van der Waals surface area contributed by atoms with Crippen LogP contribution in [0.5, 0.6) is 0 Å². The van der Waals surface area contributed by atoms with E-state index in [1.165, 1.54) is 10.5 Å². The molecule has 0 unspecified atom stereocenters. The van der Waals surface area contributed by atoms with Gasteiger partial charge >= 0.3 is 6.09 Å². The van der Waals surface area contributed by atoms with Crippen molar-refractivity contribution in [3.8, 4) is 0 Å². The molecule has 0 bridgehead atoms. The van der Waals surface area contributed by atoms with Gasteiger partial charge in [-0.05, 0) is 67.5 Å². The van der Waals surface area contributed by atoms with Crippen LogP contribution in [-0.2, 0) is 0 Å². The fourth-order valence-electron chi connectivity index (χ4n) is 5.22. The molecule has 2 N–H and O–H groups in total. The summed E-state index contributed by atoms with van der Waals surface area (Å²) in [6.07, 6.45) is 2.34. The summed E-state index contributed by atoms with van der Waals surface area (Å²) in [6.45, 7) is 5.43. The van der Waals surface area contributed by atoms with Gasteiger partial charge in [0.05, 0.1) is 17.4 Å². The SMILES string of the molecule is Cc1cc(Nc2ncc3c(n2)N(C)CN(c2c(C)cccc2Cl)C3=O)ccc1C1CCN(C(=O)O)CC1. The van der Waals surface area contributed by atoms with Crippen LogP contribution in [0.3, 0.4) is 0 Å². The highest BCUT2D eigenvalue weighted by Crippen LogP contribution is 2.36. The summed E-state index contributed by atoms with van der Waals surface area (Å²) in [6, 6.07) is 11.7. The Morgan fingerprint density at radius 1 is 1.14 bits per heavy atom. The molecular formula is C27H29ClN6O3. The predicted molar refractivity (Wildman–Crippen MR) is 144 cm³/mol. The van der Waals surface area contributed by atoms with Crippen LogP contribution in [0.25, 0.3) is 0 Å². The number of fused-ring (bicyclic) bond motifs is 1. The van der Waals surface area contributed by atoms with Crippen molar-refractivity contribution in [1.29, 1.82) is 0 Å². The molecule has 0 radical (unpaired) electrons. The second-order valence-electron chi connectivity index (χ2n) is 9.65. The molecule has 2 aromatic carbocycles. The molecule has 0 saturated carbocycles. The number of carbonyl (C=O) groups excluding carboxylic acids is 1. The number of anilines is 4. The number of hydrogen-bond donors (Lipinski definition) is 2. The van der Waals surface area contributed by atoms with Crippen molar-refractivity contribution < 1.29 is 14.7 Å². The highest BCUT2D eigenvalue weighted by Gasteiger charge is 2.32. The van der Waals surface area contributed by atoms with E-state index < -0.39 is 6.09 Å². The van der Waals surface area contributed by atoms with Crippen LogP contribution in [0.4, 0.5) is 27.9 Å². The monoisotopic (exact) mass is 520 g/mol. The number of para-hydroxylation sites is 1. The molecule has 0 spiro atoms. The maximum Gasteiger partial charge on any atom is 0.407 e. The van der Waals surface area contributed by atoms with Crippen molar-refractivity contribution in [2.45, 2.75) is 32.6 Å². The highest BCUT2D eigenvalue weighted by atomic mass is 35.5. The number of benzene rings is 2. The van der Waals surface area contributed by atoms with E-state index in [1.54, 1.807) is 17.2 Å². The van der Waals surface area contributed by atoms with Crippen LogP contribution in [0.2, 0.25) is 5.02 Å². The number of likely N-dealkylation sites (tertiary alicyclic amines) is 1. The molecular weight excluding hydrogens is 492 g/mol. The van der Waals surface area contributed by atoms with Gasteiger partial charge in [-0.15, -0.1) is 0 Å². The van der Waals surface area contributed by atoms with E-state index in [0.717, 1.165) is 29.7 Å². The first kappa shape index (κ1) is 24.8. The van der Waals surface area contributed by atoms with Gasteiger partial charge in [0.2, 0.25) is 5.95 Å². The van der Waals surface area contributed by atoms with Gasteiger partial charge in [-0.3, -0.25) is 9.69 Å². The van der Waals surface area contributed by atoms with Crippen LogP contribution in [-0.4, -0.2) is 58.8 Å². The number of halogens is 1. The third kappa shape index (κ3) is 4.79. The van der Waals surface area contributed by atoms with E-state index in [9.17, 15) is 14.7 Å². The van der Waals surface area contributed by atoms with Gasteiger partial charge in [0.25, 0.3) is 5.91 Å². The van der Waals surface area contributed by atoms with Crippen molar-refractivity contribution in [2.75, 3.05) is 41.9 Å². The number of hydrogen-bond acceptors (Lipinski definition) is 6. The molecule has 2 aliphatic rings.